The van der Waals surface area contributed by atoms with Gasteiger partial charge < -0.3 is 14.8 Å². The van der Waals surface area contributed by atoms with Gasteiger partial charge in [-0.2, -0.15) is 0 Å². The van der Waals surface area contributed by atoms with Gasteiger partial charge in [-0.1, -0.05) is 0 Å². The monoisotopic (exact) mass is 251 g/mol. The molecule has 0 aliphatic heterocycles. The van der Waals surface area contributed by atoms with Crippen molar-refractivity contribution in [1.29, 1.82) is 0 Å². The van der Waals surface area contributed by atoms with Crippen molar-refractivity contribution >= 4 is 11.9 Å². The lowest BCUT2D eigenvalue weighted by Crippen LogP contribution is -2.35. The molecule has 0 saturated carbocycles. The van der Waals surface area contributed by atoms with Crippen LogP contribution in [0.15, 0.2) is 24.3 Å². The number of amides is 1. The van der Waals surface area contributed by atoms with Gasteiger partial charge in [0.05, 0.1) is 18.7 Å². The first-order valence-corrected chi connectivity index (χ1v) is 5.61. The molecule has 0 saturated heterocycles. The van der Waals surface area contributed by atoms with E-state index in [1.807, 2.05) is 6.92 Å². The van der Waals surface area contributed by atoms with Crippen LogP contribution in [0.2, 0.25) is 0 Å². The Labute approximate surface area is 106 Å². The summed E-state index contributed by atoms with van der Waals surface area (Å²) in [5.74, 6) is 0.167. The highest BCUT2D eigenvalue weighted by molar-refractivity contribution is 5.89. The second-order valence-electron chi connectivity index (χ2n) is 3.93. The van der Waals surface area contributed by atoms with Crippen LogP contribution in [-0.2, 0) is 9.53 Å². The fourth-order valence-electron chi connectivity index (χ4n) is 1.41. The molecule has 0 spiro atoms. The highest BCUT2D eigenvalue weighted by atomic mass is 16.5. The number of rotatable bonds is 5. The van der Waals surface area contributed by atoms with Gasteiger partial charge in [-0.05, 0) is 31.2 Å². The summed E-state index contributed by atoms with van der Waals surface area (Å²) in [4.78, 5) is 22.0. The third-order valence-corrected chi connectivity index (χ3v) is 2.23. The van der Waals surface area contributed by atoms with Crippen LogP contribution in [0.1, 0.15) is 24.2 Å². The topological polar surface area (TPSA) is 64.6 Å². The lowest BCUT2D eigenvalue weighted by Gasteiger charge is -2.13. The summed E-state index contributed by atoms with van der Waals surface area (Å²) in [6, 6.07) is 6.57. The lowest BCUT2D eigenvalue weighted by atomic mass is 10.2. The number of hydrogen-bond acceptors (Lipinski definition) is 4. The largest absolute Gasteiger partial charge is 0.491 e. The van der Waals surface area contributed by atoms with Crippen LogP contribution in [0.5, 0.6) is 5.75 Å². The maximum atomic E-state index is 11.2. The van der Waals surface area contributed by atoms with Crippen molar-refractivity contribution in [2.45, 2.75) is 19.9 Å². The minimum atomic E-state index is -0.381. The molecule has 18 heavy (non-hydrogen) atoms. The van der Waals surface area contributed by atoms with Crippen molar-refractivity contribution in [3.8, 4) is 5.75 Å². The van der Waals surface area contributed by atoms with Crippen LogP contribution in [0.3, 0.4) is 0 Å². The normalized spacial score (nSPS) is 11.5. The van der Waals surface area contributed by atoms with E-state index in [0.717, 1.165) is 0 Å². The maximum Gasteiger partial charge on any atom is 0.337 e. The van der Waals surface area contributed by atoms with Crippen molar-refractivity contribution in [1.82, 2.24) is 5.32 Å². The molecule has 5 heteroatoms. The van der Waals surface area contributed by atoms with E-state index in [2.05, 4.69) is 10.1 Å². The van der Waals surface area contributed by atoms with Crippen molar-refractivity contribution in [3.63, 3.8) is 0 Å². The summed E-state index contributed by atoms with van der Waals surface area (Å²) >= 11 is 0. The first-order chi connectivity index (χ1) is 8.52. The predicted molar refractivity (Wildman–Crippen MR) is 66.6 cm³/mol. The van der Waals surface area contributed by atoms with Gasteiger partial charge in [0.1, 0.15) is 12.4 Å². The van der Waals surface area contributed by atoms with E-state index in [-0.39, 0.29) is 17.9 Å². The van der Waals surface area contributed by atoms with Crippen LogP contribution in [-0.4, -0.2) is 31.6 Å². The Morgan fingerprint density at radius 1 is 1.28 bits per heavy atom. The Bertz CT molecular complexity index is 414. The van der Waals surface area contributed by atoms with E-state index in [0.29, 0.717) is 17.9 Å². The molecule has 0 bridgehead atoms. The van der Waals surface area contributed by atoms with E-state index in [4.69, 9.17) is 4.74 Å². The van der Waals surface area contributed by atoms with Crippen molar-refractivity contribution in [3.05, 3.63) is 29.8 Å². The highest BCUT2D eigenvalue weighted by Crippen LogP contribution is 2.13. The number of hydrogen-bond donors (Lipinski definition) is 1. The first-order valence-electron chi connectivity index (χ1n) is 5.61. The molecule has 98 valence electrons. The molecule has 1 N–H and O–H groups in total. The van der Waals surface area contributed by atoms with Gasteiger partial charge in [-0.3, -0.25) is 4.79 Å². The Balaban J connectivity index is 2.49. The molecule has 1 atom stereocenters. The number of methoxy groups -OCH3 is 1. The summed E-state index contributed by atoms with van der Waals surface area (Å²) in [5.41, 5.74) is 0.472. The van der Waals surface area contributed by atoms with E-state index in [9.17, 15) is 9.59 Å². The molecule has 0 unspecified atom stereocenters. The van der Waals surface area contributed by atoms with Gasteiger partial charge in [0.2, 0.25) is 5.91 Å². The molecular weight excluding hydrogens is 234 g/mol. The molecule has 1 aromatic rings. The Hall–Kier alpha value is -2.04. The third-order valence-electron chi connectivity index (χ3n) is 2.23. The quantitative estimate of drug-likeness (QED) is 0.803. The predicted octanol–water partition coefficient (Wildman–Crippen LogP) is 1.38. The van der Waals surface area contributed by atoms with Crippen LogP contribution in [0.25, 0.3) is 0 Å². The molecule has 0 fully saturated rings. The van der Waals surface area contributed by atoms with Crippen LogP contribution >= 0.6 is 0 Å². The molecule has 0 radical (unpaired) electrons. The zero-order chi connectivity index (χ0) is 13.5. The zero-order valence-electron chi connectivity index (χ0n) is 10.7. The summed E-state index contributed by atoms with van der Waals surface area (Å²) in [6.07, 6.45) is 0. The summed E-state index contributed by atoms with van der Waals surface area (Å²) in [6.45, 7) is 3.68. The van der Waals surface area contributed by atoms with Crippen LogP contribution in [0, 0.1) is 0 Å². The smallest absolute Gasteiger partial charge is 0.337 e. The molecule has 5 nitrogen and oxygen atoms in total. The molecule has 0 aliphatic rings. The lowest BCUT2D eigenvalue weighted by molar-refractivity contribution is -0.119. The molecule has 0 aliphatic carbocycles. The van der Waals surface area contributed by atoms with Gasteiger partial charge in [0.25, 0.3) is 0 Å². The van der Waals surface area contributed by atoms with Gasteiger partial charge in [-0.15, -0.1) is 0 Å². The summed E-state index contributed by atoms with van der Waals surface area (Å²) in [7, 11) is 1.34. The van der Waals surface area contributed by atoms with E-state index in [1.165, 1.54) is 14.0 Å². The number of esters is 1. The van der Waals surface area contributed by atoms with E-state index in [1.54, 1.807) is 24.3 Å². The van der Waals surface area contributed by atoms with Gasteiger partial charge in [-0.25, -0.2) is 4.79 Å². The number of nitrogens with one attached hydrogen (secondary N) is 1. The van der Waals surface area contributed by atoms with E-state index >= 15 is 0 Å². The van der Waals surface area contributed by atoms with E-state index < -0.39 is 0 Å². The fraction of sp³-hybridized carbons (Fsp3) is 0.385. The Kier molecular flexibility index (Phi) is 5.17. The second kappa shape index (κ2) is 6.64. The Morgan fingerprint density at radius 2 is 1.89 bits per heavy atom. The minimum Gasteiger partial charge on any atom is -0.491 e. The second-order valence-corrected chi connectivity index (χ2v) is 3.93. The summed E-state index contributed by atoms with van der Waals surface area (Å²) < 4.78 is 10.1. The van der Waals surface area contributed by atoms with Crippen LogP contribution in [0.4, 0.5) is 0 Å². The van der Waals surface area contributed by atoms with Crippen LogP contribution < -0.4 is 10.1 Å². The minimum absolute atomic E-state index is 0.0669. The Morgan fingerprint density at radius 3 is 2.39 bits per heavy atom. The molecule has 1 amide bonds. The number of ether oxygens (including phenoxy) is 2. The SMILES string of the molecule is COC(=O)c1ccc(OC[C@H](C)NC(C)=O)cc1. The molecule has 1 rings (SSSR count). The number of benzene rings is 1. The van der Waals surface area contributed by atoms with Gasteiger partial charge in [0, 0.05) is 6.92 Å². The van der Waals surface area contributed by atoms with Gasteiger partial charge >= 0.3 is 5.97 Å². The van der Waals surface area contributed by atoms with Crippen molar-refractivity contribution < 1.29 is 19.1 Å². The molecular formula is C13H17NO4. The number of carbonyl (C=O) groups excluding carboxylic acids is 2. The van der Waals surface area contributed by atoms with Crippen molar-refractivity contribution in [2.24, 2.45) is 0 Å². The maximum absolute atomic E-state index is 11.2. The number of carbonyl (C=O) groups is 2. The average Bonchev–Trinajstić information content (AvgIpc) is 2.35. The third kappa shape index (κ3) is 4.45. The molecule has 0 aromatic heterocycles. The average molecular weight is 251 g/mol. The molecule has 0 heterocycles. The zero-order valence-corrected chi connectivity index (χ0v) is 10.7. The highest BCUT2D eigenvalue weighted by Gasteiger charge is 2.06. The summed E-state index contributed by atoms with van der Waals surface area (Å²) in [5, 5.41) is 2.71. The van der Waals surface area contributed by atoms with Gasteiger partial charge in [0.15, 0.2) is 0 Å². The first kappa shape index (κ1) is 14.0. The molecule has 1 aromatic carbocycles. The fourth-order valence-corrected chi connectivity index (χ4v) is 1.41. The van der Waals surface area contributed by atoms with Crippen molar-refractivity contribution in [2.75, 3.05) is 13.7 Å². The standard InChI is InChI=1S/C13H17NO4/c1-9(14-10(2)15)8-18-12-6-4-11(5-7-12)13(16)17-3/h4-7,9H,8H2,1-3H3,(H,14,15)/t9-/m0/s1.